The van der Waals surface area contributed by atoms with E-state index in [2.05, 4.69) is 22.5 Å². The number of hydrogen-bond donors (Lipinski definition) is 4. The van der Waals surface area contributed by atoms with Crippen molar-refractivity contribution in [2.24, 2.45) is 5.92 Å². The summed E-state index contributed by atoms with van der Waals surface area (Å²) in [5, 5.41) is 20.5. The van der Waals surface area contributed by atoms with Crippen molar-refractivity contribution in [2.75, 3.05) is 39.4 Å². The van der Waals surface area contributed by atoms with E-state index in [0.717, 1.165) is 75.0 Å². The number of nitrogens with zero attached hydrogens (tertiary/aromatic N) is 3. The number of amides is 5. The number of aliphatic hydroxyl groups is 1. The number of pyridine rings is 2. The van der Waals surface area contributed by atoms with E-state index >= 15 is 0 Å². The fraction of sp³-hybridized carbons (Fsp3) is 0.407. The first kappa shape index (κ1) is 50.9. The van der Waals surface area contributed by atoms with Crippen LogP contribution in [-0.2, 0) is 92.3 Å². The second-order valence-electron chi connectivity index (χ2n) is 18.6. The minimum Gasteiger partial charge on any atom is -0.490 e. The van der Waals surface area contributed by atoms with Crippen LogP contribution in [0.15, 0.2) is 77.8 Å². The summed E-state index contributed by atoms with van der Waals surface area (Å²) >= 11 is 0. The first-order valence-corrected chi connectivity index (χ1v) is 24.4. The molecule has 18 nitrogen and oxygen atoms in total. The molecule has 2 atom stereocenters. The van der Waals surface area contributed by atoms with Crippen LogP contribution in [0, 0.1) is 5.92 Å². The number of aryl methyl sites for hydroxylation is 2. The summed E-state index contributed by atoms with van der Waals surface area (Å²) in [6.45, 7) is 5.84. The van der Waals surface area contributed by atoms with Crippen molar-refractivity contribution in [1.29, 1.82) is 0 Å². The van der Waals surface area contributed by atoms with Gasteiger partial charge in [0.05, 0.1) is 55.3 Å². The summed E-state index contributed by atoms with van der Waals surface area (Å²) in [4.78, 5) is 121. The molecule has 0 saturated heterocycles. The van der Waals surface area contributed by atoms with E-state index in [-0.39, 0.29) is 126 Å². The first-order chi connectivity index (χ1) is 34.6. The number of Topliss-reactive ketones (excluding diaryl/α,β-unsaturated/α-hetero) is 3. The lowest BCUT2D eigenvalue weighted by Crippen LogP contribution is -2.38. The van der Waals surface area contributed by atoms with E-state index in [1.807, 2.05) is 55.5 Å². The molecule has 18 heteroatoms. The van der Waals surface area contributed by atoms with Crippen molar-refractivity contribution in [1.82, 2.24) is 30.4 Å². The number of ether oxygens (including phenoxy) is 2. The molecule has 0 bridgehead atoms. The minimum absolute atomic E-state index is 0.0287. The molecule has 5 amide bonds. The third-order valence-corrected chi connectivity index (χ3v) is 13.9. The lowest BCUT2D eigenvalue weighted by atomic mass is 9.83. The number of carbonyl (C=O) groups excluding carboxylic acids is 8. The summed E-state index contributed by atoms with van der Waals surface area (Å²) in [7, 11) is 0. The highest BCUT2D eigenvalue weighted by Gasteiger charge is 2.42. The Morgan fingerprint density at radius 3 is 2.33 bits per heavy atom. The number of benzene rings is 2. The largest absolute Gasteiger partial charge is 0.490 e. The molecule has 376 valence electrons. The molecule has 8 rings (SSSR count). The summed E-state index contributed by atoms with van der Waals surface area (Å²) in [6, 6.07) is 14.8. The Morgan fingerprint density at radius 2 is 1.57 bits per heavy atom. The van der Waals surface area contributed by atoms with Crippen molar-refractivity contribution in [3.05, 3.63) is 122 Å². The van der Waals surface area contributed by atoms with Crippen LogP contribution in [0.25, 0.3) is 22.3 Å². The van der Waals surface area contributed by atoms with Gasteiger partial charge in [0.1, 0.15) is 23.8 Å². The number of nitrogens with one attached hydrogen (secondary N) is 3. The summed E-state index contributed by atoms with van der Waals surface area (Å²) < 4.78 is 12.8. The Bertz CT molecular complexity index is 2960. The van der Waals surface area contributed by atoms with Crippen molar-refractivity contribution in [2.45, 2.75) is 96.3 Å². The predicted octanol–water partition coefficient (Wildman–Crippen LogP) is 2.90. The van der Waals surface area contributed by atoms with Crippen LogP contribution in [0.4, 0.5) is 0 Å². The molecule has 5 heterocycles. The van der Waals surface area contributed by atoms with Crippen molar-refractivity contribution < 1.29 is 52.9 Å². The fourth-order valence-electron chi connectivity index (χ4n) is 9.94. The Hall–Kier alpha value is -7.44. The molecular formula is C54H58N6O12. The molecule has 4 aromatic rings. The zero-order valence-corrected chi connectivity index (χ0v) is 40.3. The average molecular weight is 983 g/mol. The highest BCUT2D eigenvalue weighted by atomic mass is 16.5. The summed E-state index contributed by atoms with van der Waals surface area (Å²) in [6.07, 6.45) is 4.77. The number of imide groups is 1. The standard InChI is InChI=1S/C54H58N6O12/c1-3-54(70)32(2)72-31-42-43(54)27-45-51-41(30-60(45)53(42)69)40-11-7-10-39-34(12-14-44(58-51)50(39)40)25-37(62)29-57-52(68)35(24-33-8-5-4-6-9-33)26-38(63)28-56-46(64)15-13-36(61)19-22-71-23-20-55-47(65)18-21-59-48(66)16-17-49(59)67/h4-6,8-9,12,14,16-17,27,35,70H,2-3,7,10-11,13,15,18-26,28-31H2,1H3,(H,55,65)(H,56,64)(H,57,68)/t35-,54-/m1/s1. The molecule has 72 heavy (non-hydrogen) atoms. The number of aromatic nitrogens is 2. The second kappa shape index (κ2) is 22.3. The Kier molecular flexibility index (Phi) is 15.8. The average Bonchev–Trinajstić information content (AvgIpc) is 3.92. The number of hydrogen-bond acceptors (Lipinski definition) is 13. The second-order valence-corrected chi connectivity index (χ2v) is 18.6. The van der Waals surface area contributed by atoms with Gasteiger partial charge in [-0.25, -0.2) is 4.98 Å². The highest BCUT2D eigenvalue weighted by molar-refractivity contribution is 6.13. The van der Waals surface area contributed by atoms with Crippen LogP contribution in [-0.4, -0.2) is 106 Å². The van der Waals surface area contributed by atoms with Gasteiger partial charge < -0.3 is 35.1 Å². The summed E-state index contributed by atoms with van der Waals surface area (Å²) in [5.74, 6) is -3.72. The van der Waals surface area contributed by atoms with Crippen molar-refractivity contribution in [3.8, 4) is 11.4 Å². The molecule has 3 aliphatic heterocycles. The van der Waals surface area contributed by atoms with E-state index in [0.29, 0.717) is 29.1 Å². The maximum absolute atomic E-state index is 13.9. The van der Waals surface area contributed by atoms with E-state index in [1.54, 1.807) is 4.57 Å². The van der Waals surface area contributed by atoms with Gasteiger partial charge in [0.25, 0.3) is 17.4 Å². The van der Waals surface area contributed by atoms with Crippen LogP contribution in [0.3, 0.4) is 0 Å². The number of carbonyl (C=O) groups is 8. The quantitative estimate of drug-likeness (QED) is 0.0514. The minimum atomic E-state index is -1.49. The molecule has 0 saturated carbocycles. The molecule has 0 unspecified atom stereocenters. The van der Waals surface area contributed by atoms with Crippen LogP contribution in [0.2, 0.25) is 0 Å². The zero-order chi connectivity index (χ0) is 51.1. The predicted molar refractivity (Wildman–Crippen MR) is 262 cm³/mol. The lowest BCUT2D eigenvalue weighted by Gasteiger charge is -2.35. The van der Waals surface area contributed by atoms with E-state index < -0.39 is 40.9 Å². The molecule has 4 N–H and O–H groups in total. The normalized spacial score (nSPS) is 16.7. The van der Waals surface area contributed by atoms with Crippen LogP contribution in [0.1, 0.15) is 90.8 Å². The van der Waals surface area contributed by atoms with Crippen LogP contribution >= 0.6 is 0 Å². The maximum Gasteiger partial charge on any atom is 0.258 e. The molecule has 2 aromatic carbocycles. The van der Waals surface area contributed by atoms with Gasteiger partial charge in [-0.1, -0.05) is 49.9 Å². The topological polar surface area (TPSA) is 249 Å². The molecular weight excluding hydrogens is 925 g/mol. The monoisotopic (exact) mass is 982 g/mol. The van der Waals surface area contributed by atoms with E-state index in [4.69, 9.17) is 14.5 Å². The van der Waals surface area contributed by atoms with Gasteiger partial charge >= 0.3 is 0 Å². The highest BCUT2D eigenvalue weighted by Crippen LogP contribution is 2.44. The van der Waals surface area contributed by atoms with Gasteiger partial charge in [-0.2, -0.15) is 0 Å². The molecule has 4 aliphatic rings. The van der Waals surface area contributed by atoms with Crippen molar-refractivity contribution in [3.63, 3.8) is 0 Å². The van der Waals surface area contributed by atoms with Crippen LogP contribution < -0.4 is 21.5 Å². The third-order valence-electron chi connectivity index (χ3n) is 13.9. The Morgan fingerprint density at radius 1 is 0.833 bits per heavy atom. The molecule has 0 fully saturated rings. The van der Waals surface area contributed by atoms with Gasteiger partial charge in [0.2, 0.25) is 17.7 Å². The lowest BCUT2D eigenvalue weighted by molar-refractivity contribution is -0.137. The molecule has 0 spiro atoms. The zero-order valence-electron chi connectivity index (χ0n) is 40.3. The Balaban J connectivity index is 0.806. The van der Waals surface area contributed by atoms with Crippen molar-refractivity contribution >= 4 is 57.8 Å². The summed E-state index contributed by atoms with van der Waals surface area (Å²) in [5.41, 5.74) is 6.00. The van der Waals surface area contributed by atoms with Gasteiger partial charge in [-0.05, 0) is 66.5 Å². The van der Waals surface area contributed by atoms with E-state index in [1.165, 1.54) is 0 Å². The molecule has 0 radical (unpaired) electrons. The van der Waals surface area contributed by atoms with E-state index in [9.17, 15) is 48.3 Å². The smallest absolute Gasteiger partial charge is 0.258 e. The first-order valence-electron chi connectivity index (χ1n) is 24.4. The molecule has 1 aliphatic carbocycles. The van der Waals surface area contributed by atoms with Gasteiger partial charge in [-0.3, -0.25) is 48.1 Å². The SMILES string of the molecule is C=C1OCc2c(cc3n(c2=O)Cc2c-3nc3ccc(CC(=O)CNC(=O)[C@@H](CC(=O)CNC(=O)CCC(=O)CCOCCNC(=O)CCN4C(=O)C=CC4=O)Cc4ccccc4)c4c3c2CCC4)[C@@]1(O)CC. The van der Waals surface area contributed by atoms with Crippen LogP contribution in [0.5, 0.6) is 0 Å². The fourth-order valence-corrected chi connectivity index (χ4v) is 9.94. The third kappa shape index (κ3) is 11.2. The van der Waals surface area contributed by atoms with Gasteiger partial charge in [0, 0.05) is 86.2 Å². The number of rotatable bonds is 24. The molecule has 2 aromatic heterocycles. The number of fused-ring (bicyclic) bond motifs is 5. The number of ketones is 3. The Labute approximate surface area is 415 Å². The van der Waals surface area contributed by atoms with Gasteiger partial charge in [0.15, 0.2) is 11.6 Å². The maximum atomic E-state index is 13.9. The van der Waals surface area contributed by atoms with Gasteiger partial charge in [-0.15, -0.1) is 0 Å².